The number of aromatic amines is 1. The molecule has 0 aliphatic carbocycles. The first-order valence-corrected chi connectivity index (χ1v) is 5.40. The van der Waals surface area contributed by atoms with Crippen molar-refractivity contribution in [3.8, 4) is 0 Å². The first-order valence-electron chi connectivity index (χ1n) is 5.40. The first kappa shape index (κ1) is 10.6. The van der Waals surface area contributed by atoms with Crippen LogP contribution in [0.5, 0.6) is 0 Å². The van der Waals surface area contributed by atoms with E-state index in [4.69, 9.17) is 0 Å². The number of hydrogen-bond donors (Lipinski definition) is 1. The number of para-hydroxylation sites is 2. The quantitative estimate of drug-likeness (QED) is 0.629. The van der Waals surface area contributed by atoms with Crippen LogP contribution in [0.4, 0.5) is 0 Å². The maximum atomic E-state index is 12.3. The van der Waals surface area contributed by atoms with E-state index < -0.39 is 11.4 Å². The summed E-state index contributed by atoms with van der Waals surface area (Å²) in [6, 6.07) is 7.23. The zero-order valence-corrected chi connectivity index (χ0v) is 9.91. The molecule has 3 rings (SSSR count). The van der Waals surface area contributed by atoms with Crippen molar-refractivity contribution in [2.75, 3.05) is 19.1 Å². The molecular weight excluding hydrogens is 234 g/mol. The first-order chi connectivity index (χ1) is 8.59. The highest BCUT2D eigenvalue weighted by Gasteiger charge is 2.12. The Labute approximate surface area is 101 Å². The summed E-state index contributed by atoms with van der Waals surface area (Å²) in [7, 11) is 3.25. The number of nitrogens with one attached hydrogen (secondary N) is 1. The van der Waals surface area contributed by atoms with E-state index in [0.717, 1.165) is 4.68 Å². The van der Waals surface area contributed by atoms with Crippen LogP contribution in [0.3, 0.4) is 0 Å². The summed E-state index contributed by atoms with van der Waals surface area (Å²) in [6.07, 6.45) is 0. The number of fused-ring (bicyclic) bond motifs is 3. The normalized spacial score (nSPS) is 11.2. The van der Waals surface area contributed by atoms with Gasteiger partial charge in [-0.05, 0) is 12.1 Å². The van der Waals surface area contributed by atoms with Crippen LogP contribution in [0.25, 0.3) is 16.8 Å². The van der Waals surface area contributed by atoms with Gasteiger partial charge >= 0.3 is 11.4 Å². The van der Waals surface area contributed by atoms with Crippen molar-refractivity contribution in [1.29, 1.82) is 0 Å². The van der Waals surface area contributed by atoms with E-state index in [2.05, 4.69) is 9.97 Å². The predicted molar refractivity (Wildman–Crippen MR) is 67.6 cm³/mol. The molecule has 0 saturated carbocycles. The molecule has 0 radical (unpaired) electrons. The molecule has 0 amide bonds. The molecule has 0 fully saturated rings. The van der Waals surface area contributed by atoms with Crippen LogP contribution in [0, 0.1) is 0 Å². The van der Waals surface area contributed by atoms with Gasteiger partial charge in [0, 0.05) is 14.1 Å². The Morgan fingerprint density at radius 1 is 1.22 bits per heavy atom. The Bertz CT molecular complexity index is 855. The summed E-state index contributed by atoms with van der Waals surface area (Å²) in [5.41, 5.74) is 0.395. The van der Waals surface area contributed by atoms with Crippen LogP contribution in [0.1, 0.15) is 0 Å². The van der Waals surface area contributed by atoms with Crippen molar-refractivity contribution in [2.24, 2.45) is 0 Å². The fourth-order valence-corrected chi connectivity index (χ4v) is 1.99. The molecule has 7 nitrogen and oxygen atoms in total. The van der Waals surface area contributed by atoms with Crippen LogP contribution in [-0.2, 0) is 0 Å². The van der Waals surface area contributed by atoms with E-state index in [0.29, 0.717) is 11.0 Å². The molecule has 1 aromatic carbocycles. The largest absolute Gasteiger partial charge is 0.358 e. The number of hydrogen-bond acceptors (Lipinski definition) is 4. The number of aromatic nitrogens is 4. The lowest BCUT2D eigenvalue weighted by molar-refractivity contribution is 0.623. The van der Waals surface area contributed by atoms with Gasteiger partial charge in [-0.1, -0.05) is 12.1 Å². The lowest BCUT2D eigenvalue weighted by Crippen LogP contribution is -2.48. The van der Waals surface area contributed by atoms with E-state index in [-0.39, 0.29) is 5.78 Å². The van der Waals surface area contributed by atoms with Gasteiger partial charge in [-0.3, -0.25) is 4.98 Å². The fourth-order valence-electron chi connectivity index (χ4n) is 1.99. The summed E-state index contributed by atoms with van der Waals surface area (Å²) in [5.74, 6) is 0.254. The topological polar surface area (TPSA) is 75.4 Å². The van der Waals surface area contributed by atoms with Gasteiger partial charge in [-0.2, -0.15) is 4.68 Å². The van der Waals surface area contributed by atoms with Crippen molar-refractivity contribution >= 4 is 16.8 Å². The molecule has 0 bridgehead atoms. The van der Waals surface area contributed by atoms with Gasteiger partial charge in [-0.15, -0.1) is 0 Å². The third-order valence-corrected chi connectivity index (χ3v) is 2.74. The smallest absolute Gasteiger partial charge is 0.311 e. The van der Waals surface area contributed by atoms with Gasteiger partial charge in [0.25, 0.3) is 0 Å². The van der Waals surface area contributed by atoms with E-state index in [1.807, 2.05) is 12.1 Å². The monoisotopic (exact) mass is 245 g/mol. The third-order valence-electron chi connectivity index (χ3n) is 2.74. The number of rotatable bonds is 1. The molecule has 3 aromatic rings. The summed E-state index contributed by atoms with van der Waals surface area (Å²) in [5, 5.41) is 1.43. The second kappa shape index (κ2) is 3.46. The van der Waals surface area contributed by atoms with Crippen LogP contribution >= 0.6 is 0 Å². The molecule has 18 heavy (non-hydrogen) atoms. The zero-order chi connectivity index (χ0) is 12.9. The average molecular weight is 245 g/mol. The van der Waals surface area contributed by atoms with Gasteiger partial charge in [-0.25, -0.2) is 19.0 Å². The van der Waals surface area contributed by atoms with Gasteiger partial charge in [0.15, 0.2) is 0 Å². The Balaban J connectivity index is 2.61. The maximum Gasteiger partial charge on any atom is 0.358 e. The van der Waals surface area contributed by atoms with Crippen molar-refractivity contribution in [1.82, 2.24) is 19.0 Å². The molecule has 0 aliphatic heterocycles. The molecule has 7 heteroatoms. The molecule has 0 spiro atoms. The number of benzene rings is 1. The number of imidazole rings is 1. The average Bonchev–Trinajstić information content (AvgIpc) is 2.66. The van der Waals surface area contributed by atoms with Crippen molar-refractivity contribution in [3.63, 3.8) is 0 Å². The van der Waals surface area contributed by atoms with Gasteiger partial charge < -0.3 is 5.01 Å². The Morgan fingerprint density at radius 3 is 2.67 bits per heavy atom. The highest BCUT2D eigenvalue weighted by atomic mass is 16.2. The van der Waals surface area contributed by atoms with Crippen molar-refractivity contribution in [3.05, 3.63) is 45.2 Å². The lowest BCUT2D eigenvalue weighted by atomic mass is 10.3. The van der Waals surface area contributed by atoms with E-state index in [1.54, 1.807) is 26.2 Å². The number of nitrogens with zero attached hydrogens (tertiary/aromatic N) is 4. The van der Waals surface area contributed by atoms with Crippen LogP contribution in [0.15, 0.2) is 33.9 Å². The summed E-state index contributed by atoms with van der Waals surface area (Å²) in [6.45, 7) is 0. The number of H-pyrrole nitrogens is 1. The molecule has 2 aromatic heterocycles. The Morgan fingerprint density at radius 2 is 1.94 bits per heavy atom. The molecule has 1 N–H and O–H groups in total. The van der Waals surface area contributed by atoms with E-state index >= 15 is 0 Å². The molecule has 0 atom stereocenters. The second-order valence-corrected chi connectivity index (χ2v) is 4.13. The molecule has 0 unspecified atom stereocenters. The standard InChI is InChI=1S/C11H11N5O2/c1-14(2)16-10(17)13-9-12-7-5-3-4-6-8(7)15(9)11(16)18/h3-6H,1-2H3,(H,12,13,17). The van der Waals surface area contributed by atoms with Crippen LogP contribution in [0.2, 0.25) is 0 Å². The fraction of sp³-hybridized carbons (Fsp3) is 0.182. The zero-order valence-electron chi connectivity index (χ0n) is 9.91. The highest BCUT2D eigenvalue weighted by Crippen LogP contribution is 2.11. The molecule has 92 valence electrons. The van der Waals surface area contributed by atoms with Crippen molar-refractivity contribution in [2.45, 2.75) is 0 Å². The van der Waals surface area contributed by atoms with Gasteiger partial charge in [0.1, 0.15) is 0 Å². The Kier molecular flexibility index (Phi) is 2.03. The van der Waals surface area contributed by atoms with Gasteiger partial charge in [0.2, 0.25) is 5.78 Å². The summed E-state index contributed by atoms with van der Waals surface area (Å²) >= 11 is 0. The van der Waals surface area contributed by atoms with Gasteiger partial charge in [0.05, 0.1) is 11.0 Å². The maximum absolute atomic E-state index is 12.3. The second-order valence-electron chi connectivity index (χ2n) is 4.13. The molecule has 0 saturated heterocycles. The molecular formula is C11H11N5O2. The van der Waals surface area contributed by atoms with Crippen LogP contribution < -0.4 is 16.4 Å². The van der Waals surface area contributed by atoms with E-state index in [1.165, 1.54) is 9.41 Å². The van der Waals surface area contributed by atoms with Crippen molar-refractivity contribution < 1.29 is 0 Å². The minimum absolute atomic E-state index is 0.254. The summed E-state index contributed by atoms with van der Waals surface area (Å²) < 4.78 is 2.40. The SMILES string of the molecule is CN(C)n1c(=O)[nH]c2nc3ccccc3n2c1=O. The lowest BCUT2D eigenvalue weighted by Gasteiger charge is -2.13. The summed E-state index contributed by atoms with van der Waals surface area (Å²) in [4.78, 5) is 30.9. The molecule has 0 aliphatic rings. The highest BCUT2D eigenvalue weighted by molar-refractivity contribution is 5.78. The third kappa shape index (κ3) is 1.27. The predicted octanol–water partition coefficient (Wildman–Crippen LogP) is -0.465. The van der Waals surface area contributed by atoms with E-state index in [9.17, 15) is 9.59 Å². The minimum atomic E-state index is -0.507. The minimum Gasteiger partial charge on any atom is -0.311 e. The molecule has 2 heterocycles. The van der Waals surface area contributed by atoms with Crippen LogP contribution in [-0.4, -0.2) is 33.1 Å². The Hall–Kier alpha value is -2.57.